The number of nitrogens with zero attached hydrogens (tertiary/aromatic N) is 1. The van der Waals surface area contributed by atoms with Crippen molar-refractivity contribution >= 4 is 18.0 Å². The predicted octanol–water partition coefficient (Wildman–Crippen LogP) is 5.04. The minimum Gasteiger partial charge on any atom is -0.481 e. The van der Waals surface area contributed by atoms with Crippen LogP contribution in [0.2, 0.25) is 0 Å². The lowest BCUT2D eigenvalue weighted by Crippen LogP contribution is -2.56. The first-order valence-corrected chi connectivity index (χ1v) is 12.1. The molecule has 0 saturated heterocycles. The molecular weight excluding hydrogens is 444 g/mol. The number of hydrogen-bond acceptors (Lipinski definition) is 4. The van der Waals surface area contributed by atoms with E-state index in [1.54, 1.807) is 4.90 Å². The fourth-order valence-corrected chi connectivity index (χ4v) is 4.60. The summed E-state index contributed by atoms with van der Waals surface area (Å²) >= 11 is 0. The van der Waals surface area contributed by atoms with Crippen LogP contribution in [-0.4, -0.2) is 53.2 Å². The summed E-state index contributed by atoms with van der Waals surface area (Å²) in [6.07, 6.45) is -0.313. The normalized spacial score (nSPS) is 13.7. The van der Waals surface area contributed by atoms with E-state index < -0.39 is 23.5 Å². The topological polar surface area (TPSA) is 95.9 Å². The van der Waals surface area contributed by atoms with Crippen LogP contribution < -0.4 is 5.32 Å². The Morgan fingerprint density at radius 2 is 1.54 bits per heavy atom. The molecule has 0 fully saturated rings. The van der Waals surface area contributed by atoms with Gasteiger partial charge < -0.3 is 20.1 Å². The molecule has 2 amide bonds. The number of alkyl carbamates (subject to hydrolysis) is 1. The van der Waals surface area contributed by atoms with Gasteiger partial charge in [-0.05, 0) is 47.9 Å². The molecule has 0 unspecified atom stereocenters. The quantitative estimate of drug-likeness (QED) is 0.524. The number of carboxylic acids is 1. The van der Waals surface area contributed by atoms with Gasteiger partial charge in [-0.25, -0.2) is 4.79 Å². The van der Waals surface area contributed by atoms with E-state index in [0.717, 1.165) is 22.3 Å². The van der Waals surface area contributed by atoms with Gasteiger partial charge in [0.2, 0.25) is 5.91 Å². The Morgan fingerprint density at radius 3 is 2.03 bits per heavy atom. The first kappa shape index (κ1) is 26.3. The van der Waals surface area contributed by atoms with Crippen molar-refractivity contribution in [1.29, 1.82) is 0 Å². The van der Waals surface area contributed by atoms with Crippen molar-refractivity contribution in [3.05, 3.63) is 59.7 Å². The molecule has 7 nitrogen and oxygen atoms in total. The van der Waals surface area contributed by atoms with E-state index in [4.69, 9.17) is 9.84 Å². The summed E-state index contributed by atoms with van der Waals surface area (Å²) in [6, 6.07) is 15.3. The number of carboxylic acid groups (broad SMARTS) is 1. The lowest BCUT2D eigenvalue weighted by atomic mass is 9.85. The average molecular weight is 481 g/mol. The number of ether oxygens (including phenoxy) is 1. The van der Waals surface area contributed by atoms with E-state index >= 15 is 0 Å². The molecule has 2 N–H and O–H groups in total. The Kier molecular flexibility index (Phi) is 8.20. The lowest BCUT2D eigenvalue weighted by Gasteiger charge is -2.36. The number of amides is 2. The fourth-order valence-electron chi connectivity index (χ4n) is 4.60. The Bertz CT molecular complexity index is 1030. The third-order valence-electron chi connectivity index (χ3n) is 6.41. The number of nitrogens with one attached hydrogen (secondary N) is 1. The first-order valence-electron chi connectivity index (χ1n) is 12.1. The molecule has 2 aromatic carbocycles. The van der Waals surface area contributed by atoms with E-state index in [-0.39, 0.29) is 30.9 Å². The second kappa shape index (κ2) is 10.9. The molecule has 35 heavy (non-hydrogen) atoms. The number of carbonyl (C=O) groups excluding carboxylic acids is 2. The highest BCUT2D eigenvalue weighted by molar-refractivity contribution is 5.87. The Hall–Kier alpha value is -3.35. The molecule has 1 aliphatic rings. The molecule has 3 rings (SSSR count). The lowest BCUT2D eigenvalue weighted by molar-refractivity contribution is -0.140. The molecule has 7 heteroatoms. The van der Waals surface area contributed by atoms with Gasteiger partial charge in [0, 0.05) is 24.9 Å². The minimum absolute atomic E-state index is 0.0174. The highest BCUT2D eigenvalue weighted by atomic mass is 16.5. The number of hydrogen-bond donors (Lipinski definition) is 2. The zero-order valence-corrected chi connectivity index (χ0v) is 21.2. The number of rotatable bonds is 9. The smallest absolute Gasteiger partial charge is 0.407 e. The first-order chi connectivity index (χ1) is 16.5. The third-order valence-corrected chi connectivity index (χ3v) is 6.41. The summed E-state index contributed by atoms with van der Waals surface area (Å²) < 4.78 is 5.67. The van der Waals surface area contributed by atoms with Gasteiger partial charge in [-0.3, -0.25) is 9.59 Å². The van der Waals surface area contributed by atoms with Crippen molar-refractivity contribution in [2.75, 3.05) is 13.2 Å². The van der Waals surface area contributed by atoms with Crippen molar-refractivity contribution in [2.24, 2.45) is 5.41 Å². The van der Waals surface area contributed by atoms with Crippen LogP contribution in [0.15, 0.2) is 48.5 Å². The van der Waals surface area contributed by atoms with Gasteiger partial charge in [-0.1, -0.05) is 69.3 Å². The molecule has 0 radical (unpaired) electrons. The number of aliphatic carboxylic acids is 1. The Morgan fingerprint density at radius 1 is 1.00 bits per heavy atom. The van der Waals surface area contributed by atoms with Crippen LogP contribution in [0.1, 0.15) is 64.5 Å². The molecule has 0 saturated carbocycles. The second-order valence-corrected chi connectivity index (χ2v) is 10.4. The van der Waals surface area contributed by atoms with Crippen molar-refractivity contribution in [2.45, 2.75) is 65.5 Å². The summed E-state index contributed by atoms with van der Waals surface area (Å²) in [5.41, 5.74) is 3.97. The minimum atomic E-state index is -0.898. The Labute approximate surface area is 207 Å². The molecule has 0 spiro atoms. The molecule has 0 heterocycles. The zero-order chi connectivity index (χ0) is 25.8. The summed E-state index contributed by atoms with van der Waals surface area (Å²) in [6.45, 7) is 9.88. The fraction of sp³-hybridized carbons (Fsp3) is 0.464. The van der Waals surface area contributed by atoms with Crippen molar-refractivity contribution in [1.82, 2.24) is 10.2 Å². The van der Waals surface area contributed by atoms with Crippen LogP contribution in [-0.2, 0) is 14.3 Å². The van der Waals surface area contributed by atoms with Gasteiger partial charge >= 0.3 is 12.1 Å². The van der Waals surface area contributed by atoms with Crippen LogP contribution >= 0.6 is 0 Å². The average Bonchev–Trinajstić information content (AvgIpc) is 3.11. The maximum Gasteiger partial charge on any atom is 0.407 e. The van der Waals surface area contributed by atoms with Gasteiger partial charge in [-0.2, -0.15) is 0 Å². The van der Waals surface area contributed by atoms with E-state index in [0.29, 0.717) is 13.0 Å². The van der Waals surface area contributed by atoms with Crippen molar-refractivity contribution in [3.8, 4) is 11.1 Å². The van der Waals surface area contributed by atoms with E-state index in [2.05, 4.69) is 29.6 Å². The van der Waals surface area contributed by atoms with E-state index in [1.165, 1.54) is 0 Å². The van der Waals surface area contributed by atoms with Gasteiger partial charge in [0.15, 0.2) is 0 Å². The third kappa shape index (κ3) is 6.21. The van der Waals surface area contributed by atoms with Crippen LogP contribution in [0.3, 0.4) is 0 Å². The standard InChI is InChI=1S/C28H36N2O5/c1-18(2)30(16-10-15-24(31)32)26(33)25(28(3,4)5)29-27(34)35-17-23-21-13-8-6-11-19(21)20-12-7-9-14-22(20)23/h6-9,11-14,18,23,25H,10,15-17H2,1-5H3,(H,29,34)(H,31,32)/t25-/m1/s1. The highest BCUT2D eigenvalue weighted by Crippen LogP contribution is 2.44. The number of benzene rings is 2. The monoisotopic (exact) mass is 480 g/mol. The van der Waals surface area contributed by atoms with Gasteiger partial charge in [0.25, 0.3) is 0 Å². The van der Waals surface area contributed by atoms with Crippen LogP contribution in [0, 0.1) is 5.41 Å². The highest BCUT2D eigenvalue weighted by Gasteiger charge is 2.37. The van der Waals surface area contributed by atoms with E-state index in [9.17, 15) is 14.4 Å². The summed E-state index contributed by atoms with van der Waals surface area (Å²) in [4.78, 5) is 38.9. The molecule has 0 aliphatic heterocycles. The van der Waals surface area contributed by atoms with Crippen LogP contribution in [0.25, 0.3) is 11.1 Å². The van der Waals surface area contributed by atoms with Gasteiger partial charge in [0.1, 0.15) is 12.6 Å². The van der Waals surface area contributed by atoms with Gasteiger partial charge in [0.05, 0.1) is 0 Å². The molecule has 0 bridgehead atoms. The molecule has 2 aromatic rings. The second-order valence-electron chi connectivity index (χ2n) is 10.4. The number of carbonyl (C=O) groups is 3. The maximum atomic E-state index is 13.4. The molecule has 1 aliphatic carbocycles. The number of fused-ring (bicyclic) bond motifs is 3. The largest absolute Gasteiger partial charge is 0.481 e. The molecule has 1 atom stereocenters. The van der Waals surface area contributed by atoms with Crippen LogP contribution in [0.5, 0.6) is 0 Å². The molecule has 188 valence electrons. The van der Waals surface area contributed by atoms with Crippen LogP contribution in [0.4, 0.5) is 4.79 Å². The molecular formula is C28H36N2O5. The van der Waals surface area contributed by atoms with E-state index in [1.807, 2.05) is 58.9 Å². The summed E-state index contributed by atoms with van der Waals surface area (Å²) in [5, 5.41) is 11.7. The summed E-state index contributed by atoms with van der Waals surface area (Å²) in [7, 11) is 0. The van der Waals surface area contributed by atoms with Gasteiger partial charge in [-0.15, -0.1) is 0 Å². The van der Waals surface area contributed by atoms with Crippen molar-refractivity contribution < 1.29 is 24.2 Å². The SMILES string of the molecule is CC(C)N(CCCC(=O)O)C(=O)[C@@H](NC(=O)OCC1c2ccccc2-c2ccccc21)C(C)(C)C. The molecule has 0 aromatic heterocycles. The Balaban J connectivity index is 1.70. The zero-order valence-electron chi connectivity index (χ0n) is 21.2. The maximum absolute atomic E-state index is 13.4. The predicted molar refractivity (Wildman–Crippen MR) is 135 cm³/mol. The van der Waals surface area contributed by atoms with Crippen molar-refractivity contribution in [3.63, 3.8) is 0 Å². The summed E-state index contributed by atoms with van der Waals surface area (Å²) in [5.74, 6) is -1.21.